The Morgan fingerprint density at radius 2 is 1.61 bits per heavy atom. The second kappa shape index (κ2) is 6.46. The number of hydrogen-bond donors (Lipinski definition) is 1. The Balaban J connectivity index is 1.77. The number of aryl methyl sites for hydroxylation is 1. The molecule has 0 aromatic heterocycles. The lowest BCUT2D eigenvalue weighted by atomic mass is 9.99. The largest absolute Gasteiger partial charge is 0.321 e. The Labute approximate surface area is 163 Å². The molecule has 134 valence electrons. The lowest BCUT2D eigenvalue weighted by Gasteiger charge is -2.10. The molecule has 0 bridgehead atoms. The van der Waals surface area contributed by atoms with Crippen LogP contribution in [-0.2, 0) is 0 Å². The van der Waals surface area contributed by atoms with Crippen LogP contribution in [0.15, 0.2) is 89.9 Å². The van der Waals surface area contributed by atoms with Crippen molar-refractivity contribution in [1.29, 1.82) is 0 Å². The van der Waals surface area contributed by atoms with Crippen molar-refractivity contribution in [2.45, 2.75) is 6.92 Å². The summed E-state index contributed by atoms with van der Waals surface area (Å²) in [6.07, 6.45) is 0. The quantitative estimate of drug-likeness (QED) is 0.454. The van der Waals surface area contributed by atoms with Gasteiger partial charge in [0.1, 0.15) is 0 Å². The van der Waals surface area contributed by atoms with Crippen LogP contribution in [0.4, 0.5) is 11.4 Å². The molecule has 0 radical (unpaired) electrons. The maximum absolute atomic E-state index is 12.2. The average molecular weight is 362 g/mol. The highest BCUT2D eigenvalue weighted by molar-refractivity contribution is 6.26. The van der Waals surface area contributed by atoms with Crippen LogP contribution in [0, 0.1) is 6.92 Å². The minimum atomic E-state index is -0.0521. The summed E-state index contributed by atoms with van der Waals surface area (Å²) in [5.41, 5.74) is 6.66. The van der Waals surface area contributed by atoms with Gasteiger partial charge in [-0.05, 0) is 31.2 Å². The van der Waals surface area contributed by atoms with E-state index in [1.807, 2.05) is 48.5 Å². The minimum absolute atomic E-state index is 0.0521. The van der Waals surface area contributed by atoms with Gasteiger partial charge in [0, 0.05) is 33.2 Å². The van der Waals surface area contributed by atoms with E-state index in [0.29, 0.717) is 5.56 Å². The van der Waals surface area contributed by atoms with Crippen molar-refractivity contribution in [3.8, 4) is 0 Å². The first kappa shape index (κ1) is 16.5. The summed E-state index contributed by atoms with van der Waals surface area (Å²) >= 11 is 0. The van der Waals surface area contributed by atoms with Crippen LogP contribution in [-0.4, -0.2) is 11.6 Å². The Morgan fingerprint density at radius 1 is 0.821 bits per heavy atom. The van der Waals surface area contributed by atoms with Crippen LogP contribution >= 0.6 is 0 Å². The molecule has 1 amide bonds. The van der Waals surface area contributed by atoms with Crippen LogP contribution in [0.3, 0.4) is 0 Å². The van der Waals surface area contributed by atoms with Crippen LogP contribution in [0.5, 0.6) is 0 Å². The van der Waals surface area contributed by atoms with E-state index in [0.717, 1.165) is 39.0 Å². The lowest BCUT2D eigenvalue weighted by Crippen LogP contribution is -2.04. The number of anilines is 1. The number of carbonyl (C=O) groups excluding carboxylic acids is 1. The second-order valence-electron chi connectivity index (χ2n) is 7.01. The highest BCUT2D eigenvalue weighted by atomic mass is 16.1. The Hall–Kier alpha value is -3.72. The highest BCUT2D eigenvalue weighted by Crippen LogP contribution is 2.38. The molecule has 3 heteroatoms. The predicted molar refractivity (Wildman–Crippen MR) is 115 cm³/mol. The van der Waals surface area contributed by atoms with E-state index < -0.39 is 0 Å². The number of amides is 1. The first-order chi connectivity index (χ1) is 13.7. The first-order valence-corrected chi connectivity index (χ1v) is 9.29. The molecular formula is C25H18N2O. The maximum atomic E-state index is 12.2. The molecule has 0 saturated carbocycles. The monoisotopic (exact) mass is 362 g/mol. The van der Waals surface area contributed by atoms with Crippen molar-refractivity contribution < 1.29 is 4.79 Å². The van der Waals surface area contributed by atoms with Gasteiger partial charge in [0.25, 0.3) is 5.91 Å². The van der Waals surface area contributed by atoms with E-state index in [1.54, 1.807) is 0 Å². The molecular weight excluding hydrogens is 344 g/mol. The fraction of sp³-hybridized carbons (Fsp3) is 0.0400. The summed E-state index contributed by atoms with van der Waals surface area (Å²) in [6, 6.07) is 28.3. The van der Waals surface area contributed by atoms with E-state index in [9.17, 15) is 4.79 Å². The maximum Gasteiger partial charge on any atom is 0.256 e. The molecule has 1 N–H and O–H groups in total. The molecule has 0 spiro atoms. The Morgan fingerprint density at radius 3 is 2.43 bits per heavy atom. The lowest BCUT2D eigenvalue weighted by molar-refractivity contribution is 0.103. The summed E-state index contributed by atoms with van der Waals surface area (Å²) in [7, 11) is 0. The van der Waals surface area contributed by atoms with Crippen molar-refractivity contribution in [3.63, 3.8) is 0 Å². The van der Waals surface area contributed by atoms with E-state index in [4.69, 9.17) is 4.99 Å². The fourth-order valence-corrected chi connectivity index (χ4v) is 3.78. The van der Waals surface area contributed by atoms with Crippen molar-refractivity contribution in [3.05, 3.63) is 107 Å². The summed E-state index contributed by atoms with van der Waals surface area (Å²) < 4.78 is 0. The molecule has 0 saturated heterocycles. The zero-order valence-corrected chi connectivity index (χ0v) is 15.4. The van der Waals surface area contributed by atoms with E-state index in [-0.39, 0.29) is 5.91 Å². The van der Waals surface area contributed by atoms with E-state index in [2.05, 4.69) is 48.6 Å². The summed E-state index contributed by atoms with van der Waals surface area (Å²) in [4.78, 5) is 17.3. The smallest absolute Gasteiger partial charge is 0.256 e. The van der Waals surface area contributed by atoms with Crippen molar-refractivity contribution in [2.24, 2.45) is 4.99 Å². The van der Waals surface area contributed by atoms with Crippen molar-refractivity contribution >= 4 is 33.8 Å². The molecule has 0 atom stereocenters. The summed E-state index contributed by atoms with van der Waals surface area (Å²) in [6.45, 7) is 2.09. The molecule has 1 aliphatic rings. The standard InChI is InChI=1S/C25H18N2O/c1-16-7-5-10-18(15-16)24(17-8-3-2-4-9-17)26-21-14-13-20-23-19(21)11-6-12-22(23)27-25(20)28/h2-15H,1H3,(H,27,28). The number of carbonyl (C=O) groups is 1. The number of nitrogens with one attached hydrogen (secondary N) is 1. The van der Waals surface area contributed by atoms with E-state index in [1.165, 1.54) is 5.56 Å². The molecule has 0 fully saturated rings. The molecule has 4 aromatic carbocycles. The number of benzene rings is 4. The summed E-state index contributed by atoms with van der Waals surface area (Å²) in [5.74, 6) is -0.0521. The fourth-order valence-electron chi connectivity index (χ4n) is 3.78. The minimum Gasteiger partial charge on any atom is -0.321 e. The zero-order valence-electron chi connectivity index (χ0n) is 15.4. The van der Waals surface area contributed by atoms with Gasteiger partial charge in [-0.2, -0.15) is 0 Å². The third kappa shape index (κ3) is 2.69. The number of rotatable bonds is 3. The SMILES string of the molecule is Cc1cccc(C(=Nc2ccc3c4c(cccc24)NC3=O)c2ccccc2)c1. The van der Waals surface area contributed by atoms with Gasteiger partial charge >= 0.3 is 0 Å². The molecule has 1 aliphatic heterocycles. The number of hydrogen-bond acceptors (Lipinski definition) is 2. The molecule has 28 heavy (non-hydrogen) atoms. The molecule has 0 unspecified atom stereocenters. The molecule has 0 aliphatic carbocycles. The van der Waals surface area contributed by atoms with Crippen LogP contribution in [0.25, 0.3) is 10.8 Å². The van der Waals surface area contributed by atoms with Crippen LogP contribution in [0.2, 0.25) is 0 Å². The number of aliphatic imine (C=N–C) groups is 1. The molecule has 5 rings (SSSR count). The Kier molecular flexibility index (Phi) is 3.80. The Bertz CT molecular complexity index is 1260. The predicted octanol–water partition coefficient (Wildman–Crippen LogP) is 5.88. The molecule has 1 heterocycles. The summed E-state index contributed by atoms with van der Waals surface area (Å²) in [5, 5.41) is 4.87. The van der Waals surface area contributed by atoms with Gasteiger partial charge in [-0.15, -0.1) is 0 Å². The first-order valence-electron chi connectivity index (χ1n) is 9.29. The normalized spacial score (nSPS) is 13.0. The van der Waals surface area contributed by atoms with Crippen LogP contribution in [0.1, 0.15) is 27.0 Å². The molecule has 4 aromatic rings. The van der Waals surface area contributed by atoms with Gasteiger partial charge in [0.05, 0.1) is 11.4 Å². The van der Waals surface area contributed by atoms with Crippen molar-refractivity contribution in [2.75, 3.05) is 5.32 Å². The van der Waals surface area contributed by atoms with Crippen LogP contribution < -0.4 is 5.32 Å². The van der Waals surface area contributed by atoms with Gasteiger partial charge in [0.15, 0.2) is 0 Å². The zero-order chi connectivity index (χ0) is 19.1. The number of nitrogens with zero attached hydrogens (tertiary/aromatic N) is 1. The van der Waals surface area contributed by atoms with Gasteiger partial charge in [0.2, 0.25) is 0 Å². The van der Waals surface area contributed by atoms with Gasteiger partial charge in [-0.25, -0.2) is 4.99 Å². The highest BCUT2D eigenvalue weighted by Gasteiger charge is 2.22. The molecule has 3 nitrogen and oxygen atoms in total. The second-order valence-corrected chi connectivity index (χ2v) is 7.01. The van der Waals surface area contributed by atoms with Crippen molar-refractivity contribution in [1.82, 2.24) is 0 Å². The van der Waals surface area contributed by atoms with Gasteiger partial charge in [-0.1, -0.05) is 66.2 Å². The van der Waals surface area contributed by atoms with Gasteiger partial charge in [-0.3, -0.25) is 4.79 Å². The topological polar surface area (TPSA) is 41.5 Å². The third-order valence-corrected chi connectivity index (χ3v) is 5.08. The van der Waals surface area contributed by atoms with Gasteiger partial charge < -0.3 is 5.32 Å². The third-order valence-electron chi connectivity index (χ3n) is 5.08. The van der Waals surface area contributed by atoms with E-state index >= 15 is 0 Å². The average Bonchev–Trinajstić information content (AvgIpc) is 3.05.